The summed E-state index contributed by atoms with van der Waals surface area (Å²) in [6.45, 7) is 6.43. The Morgan fingerprint density at radius 1 is 1.33 bits per heavy atom. The molecule has 0 spiro atoms. The number of amides is 1. The van der Waals surface area contributed by atoms with E-state index in [0.29, 0.717) is 6.54 Å². The molecule has 2 aliphatic rings. The summed E-state index contributed by atoms with van der Waals surface area (Å²) >= 11 is 0. The molecule has 1 aromatic rings. The maximum atomic E-state index is 12.2. The van der Waals surface area contributed by atoms with Crippen molar-refractivity contribution in [2.45, 2.75) is 38.9 Å². The summed E-state index contributed by atoms with van der Waals surface area (Å²) in [5, 5.41) is 3.37. The molecule has 3 rings (SSSR count). The summed E-state index contributed by atoms with van der Waals surface area (Å²) in [4.78, 5) is 16.6. The first-order valence-electron chi connectivity index (χ1n) is 7.86. The molecule has 1 saturated carbocycles. The monoisotopic (exact) mass is 287 g/mol. The van der Waals surface area contributed by atoms with Crippen LogP contribution in [0.15, 0.2) is 18.2 Å². The highest BCUT2D eigenvalue weighted by atomic mass is 16.2. The molecule has 4 heteroatoms. The molecule has 1 saturated heterocycles. The van der Waals surface area contributed by atoms with E-state index in [1.807, 2.05) is 4.90 Å². The van der Waals surface area contributed by atoms with Crippen LogP contribution in [0.25, 0.3) is 0 Å². The lowest BCUT2D eigenvalue weighted by atomic mass is 10.0. The number of benzene rings is 1. The number of likely N-dealkylation sites (N-methyl/N-ethyl adjacent to an activating group) is 1. The Kier molecular flexibility index (Phi) is 4.00. The molecule has 4 nitrogen and oxygen atoms in total. The predicted octanol–water partition coefficient (Wildman–Crippen LogP) is 1.83. The summed E-state index contributed by atoms with van der Waals surface area (Å²) in [5.41, 5.74) is 3.72. The van der Waals surface area contributed by atoms with Crippen LogP contribution in [0, 0.1) is 13.8 Å². The second-order valence-corrected chi connectivity index (χ2v) is 6.44. The lowest BCUT2D eigenvalue weighted by Gasteiger charge is -2.28. The van der Waals surface area contributed by atoms with Crippen LogP contribution < -0.4 is 5.32 Å². The van der Waals surface area contributed by atoms with Gasteiger partial charge in [0.2, 0.25) is 5.91 Å². The van der Waals surface area contributed by atoms with Crippen molar-refractivity contribution < 1.29 is 4.79 Å². The van der Waals surface area contributed by atoms with E-state index in [-0.39, 0.29) is 12.1 Å². The quantitative estimate of drug-likeness (QED) is 0.897. The van der Waals surface area contributed by atoms with Crippen LogP contribution in [-0.4, -0.2) is 48.4 Å². The van der Waals surface area contributed by atoms with E-state index in [9.17, 15) is 4.79 Å². The molecular formula is C17H25N3O. The molecule has 1 atom stereocenters. The van der Waals surface area contributed by atoms with Crippen LogP contribution in [0.2, 0.25) is 0 Å². The lowest BCUT2D eigenvalue weighted by molar-refractivity contribution is -0.128. The van der Waals surface area contributed by atoms with Crippen molar-refractivity contribution in [1.82, 2.24) is 15.1 Å². The van der Waals surface area contributed by atoms with Gasteiger partial charge < -0.3 is 9.80 Å². The highest BCUT2D eigenvalue weighted by Crippen LogP contribution is 2.28. The molecule has 1 heterocycles. The molecule has 1 aliphatic carbocycles. The van der Waals surface area contributed by atoms with Crippen molar-refractivity contribution in [3.63, 3.8) is 0 Å². The third-order valence-corrected chi connectivity index (χ3v) is 4.67. The summed E-state index contributed by atoms with van der Waals surface area (Å²) in [5.74, 6) is 0.213. The molecule has 114 valence electrons. The molecule has 1 aliphatic heterocycles. The fourth-order valence-corrected chi connectivity index (χ4v) is 3.09. The summed E-state index contributed by atoms with van der Waals surface area (Å²) in [7, 11) is 2.17. The molecule has 0 radical (unpaired) electrons. The highest BCUT2D eigenvalue weighted by Gasteiger charge is 2.33. The fourth-order valence-electron chi connectivity index (χ4n) is 3.09. The molecular weight excluding hydrogens is 262 g/mol. The molecule has 1 aromatic carbocycles. The Balaban J connectivity index is 1.73. The first kappa shape index (κ1) is 14.5. The maximum absolute atomic E-state index is 12.2. The van der Waals surface area contributed by atoms with Crippen LogP contribution in [-0.2, 0) is 4.79 Å². The largest absolute Gasteiger partial charge is 0.321 e. The zero-order valence-electron chi connectivity index (χ0n) is 13.2. The minimum atomic E-state index is 0.0324. The molecule has 21 heavy (non-hydrogen) atoms. The third kappa shape index (κ3) is 3.11. The molecule has 1 amide bonds. The Hall–Kier alpha value is -1.39. The smallest absolute Gasteiger partial charge is 0.238 e. The van der Waals surface area contributed by atoms with Crippen molar-refractivity contribution in [1.29, 1.82) is 0 Å². The Labute approximate surface area is 127 Å². The molecule has 0 bridgehead atoms. The van der Waals surface area contributed by atoms with Gasteiger partial charge in [0.1, 0.15) is 6.17 Å². The number of hydrogen-bond donors (Lipinski definition) is 1. The first-order valence-corrected chi connectivity index (χ1v) is 7.86. The predicted molar refractivity (Wildman–Crippen MR) is 84.0 cm³/mol. The van der Waals surface area contributed by atoms with Crippen molar-refractivity contribution in [2.75, 3.05) is 26.7 Å². The fraction of sp³-hybridized carbons (Fsp3) is 0.588. The average Bonchev–Trinajstić information content (AvgIpc) is 3.24. The van der Waals surface area contributed by atoms with E-state index >= 15 is 0 Å². The van der Waals surface area contributed by atoms with Crippen LogP contribution >= 0.6 is 0 Å². The standard InChI is InChI=1S/C17H25N3O/c1-12-4-5-13(2)15(10-12)17-18-11-16(21)20(17)9-8-19(3)14-6-7-14/h4-5,10,14,17-18H,6-9,11H2,1-3H3. The first-order chi connectivity index (χ1) is 10.1. The summed E-state index contributed by atoms with van der Waals surface area (Å²) in [6.07, 6.45) is 2.65. The topological polar surface area (TPSA) is 35.6 Å². The molecule has 2 fully saturated rings. The molecule has 1 unspecified atom stereocenters. The van der Waals surface area contributed by atoms with Crippen LogP contribution in [0.4, 0.5) is 0 Å². The molecule has 1 N–H and O–H groups in total. The van der Waals surface area contributed by atoms with Gasteiger partial charge in [0.05, 0.1) is 6.54 Å². The molecule has 0 aromatic heterocycles. The van der Waals surface area contributed by atoms with E-state index in [2.05, 4.69) is 49.3 Å². The van der Waals surface area contributed by atoms with Crippen LogP contribution in [0.5, 0.6) is 0 Å². The van der Waals surface area contributed by atoms with Gasteiger partial charge in [-0.2, -0.15) is 0 Å². The van der Waals surface area contributed by atoms with E-state index < -0.39 is 0 Å². The minimum Gasteiger partial charge on any atom is -0.321 e. The van der Waals surface area contributed by atoms with Gasteiger partial charge in [0.15, 0.2) is 0 Å². The van der Waals surface area contributed by atoms with Gasteiger partial charge in [-0.3, -0.25) is 10.1 Å². The summed E-state index contributed by atoms with van der Waals surface area (Å²) in [6, 6.07) is 7.21. The number of hydrogen-bond acceptors (Lipinski definition) is 3. The van der Waals surface area contributed by atoms with Crippen molar-refractivity contribution in [3.05, 3.63) is 34.9 Å². The second-order valence-electron chi connectivity index (χ2n) is 6.44. The zero-order chi connectivity index (χ0) is 15.0. The van der Waals surface area contributed by atoms with E-state index in [0.717, 1.165) is 19.1 Å². The zero-order valence-corrected chi connectivity index (χ0v) is 13.2. The summed E-state index contributed by atoms with van der Waals surface area (Å²) < 4.78 is 0. The number of nitrogens with one attached hydrogen (secondary N) is 1. The van der Waals surface area contributed by atoms with E-state index in [1.54, 1.807) is 0 Å². The van der Waals surface area contributed by atoms with Gasteiger partial charge in [-0.15, -0.1) is 0 Å². The van der Waals surface area contributed by atoms with E-state index in [4.69, 9.17) is 0 Å². The SMILES string of the molecule is Cc1ccc(C)c(C2NCC(=O)N2CCN(C)C2CC2)c1. The van der Waals surface area contributed by atoms with Gasteiger partial charge >= 0.3 is 0 Å². The van der Waals surface area contributed by atoms with Crippen LogP contribution in [0.1, 0.15) is 35.7 Å². The normalized spacial score (nSPS) is 22.4. The van der Waals surface area contributed by atoms with Gasteiger partial charge in [-0.05, 0) is 44.9 Å². The Bertz CT molecular complexity index is 539. The number of carbonyl (C=O) groups is 1. The number of nitrogens with zero attached hydrogens (tertiary/aromatic N) is 2. The lowest BCUT2D eigenvalue weighted by Crippen LogP contribution is -2.37. The Morgan fingerprint density at radius 3 is 2.81 bits per heavy atom. The number of rotatable bonds is 5. The highest BCUT2D eigenvalue weighted by molar-refractivity contribution is 5.81. The third-order valence-electron chi connectivity index (χ3n) is 4.67. The number of aryl methyl sites for hydroxylation is 2. The van der Waals surface area contributed by atoms with Crippen molar-refractivity contribution in [3.8, 4) is 0 Å². The van der Waals surface area contributed by atoms with Gasteiger partial charge in [0, 0.05) is 19.1 Å². The van der Waals surface area contributed by atoms with Crippen LogP contribution in [0.3, 0.4) is 0 Å². The average molecular weight is 287 g/mol. The number of carbonyl (C=O) groups excluding carboxylic acids is 1. The van der Waals surface area contributed by atoms with Crippen molar-refractivity contribution >= 4 is 5.91 Å². The second kappa shape index (κ2) is 5.78. The van der Waals surface area contributed by atoms with E-state index in [1.165, 1.54) is 29.5 Å². The van der Waals surface area contributed by atoms with Gasteiger partial charge in [-0.25, -0.2) is 0 Å². The van der Waals surface area contributed by atoms with Gasteiger partial charge in [0.25, 0.3) is 0 Å². The minimum absolute atomic E-state index is 0.0324. The Morgan fingerprint density at radius 2 is 2.10 bits per heavy atom. The van der Waals surface area contributed by atoms with Crippen molar-refractivity contribution in [2.24, 2.45) is 0 Å². The van der Waals surface area contributed by atoms with Gasteiger partial charge in [-0.1, -0.05) is 23.8 Å². The maximum Gasteiger partial charge on any atom is 0.238 e.